The number of nitrogens with zero attached hydrogens (tertiary/aromatic N) is 2. The van der Waals surface area contributed by atoms with Gasteiger partial charge in [-0.25, -0.2) is 4.79 Å². The van der Waals surface area contributed by atoms with E-state index in [1.165, 1.54) is 26.3 Å². The molecule has 0 aliphatic carbocycles. The molecular weight excluding hydrogens is 368 g/mol. The van der Waals surface area contributed by atoms with E-state index < -0.39 is 0 Å². The number of amides is 2. The largest absolute Gasteiger partial charge is 0.379 e. The van der Waals surface area contributed by atoms with Gasteiger partial charge < -0.3 is 15.4 Å². The van der Waals surface area contributed by atoms with Crippen LogP contribution in [-0.4, -0.2) is 80.1 Å². The number of nitrogens with one attached hydrogen (secondary N) is 2. The van der Waals surface area contributed by atoms with Gasteiger partial charge in [0.1, 0.15) is 0 Å². The number of hydrogen-bond acceptors (Lipinski definition) is 5. The fraction of sp³-hybridized carbons (Fsp3) is 0.636. The fourth-order valence-electron chi connectivity index (χ4n) is 4.96. The Morgan fingerprint density at radius 2 is 1.90 bits per heavy atom. The first kappa shape index (κ1) is 20.3. The van der Waals surface area contributed by atoms with Gasteiger partial charge in [-0.3, -0.25) is 14.6 Å². The zero-order valence-electron chi connectivity index (χ0n) is 17.2. The summed E-state index contributed by atoms with van der Waals surface area (Å²) in [4.78, 5) is 28.7. The smallest absolute Gasteiger partial charge is 0.319 e. The van der Waals surface area contributed by atoms with Gasteiger partial charge in [0.2, 0.25) is 0 Å². The van der Waals surface area contributed by atoms with Crippen LogP contribution in [0.25, 0.3) is 0 Å². The number of carbonyl (C=O) groups excluding carboxylic acids is 2. The SMILES string of the molecule is CC(=O)c1ccc(NC(=O)NC[C@@H]2C[C@H]3CCN2C[C@@H]3CN2CCOCC2)cc1. The Hall–Kier alpha value is -1.96. The second-order valence-corrected chi connectivity index (χ2v) is 8.57. The standard InChI is InChI=1S/C22H32N4O3/c1-16(27)17-2-4-20(5-3-17)24-22(28)23-13-21-12-18-6-7-26(21)15-19(18)14-25-8-10-29-11-9-25/h2-5,18-19,21H,6-15H2,1H3,(H2,23,24,28)/t18-,19+,21+/m1/s1. The van der Waals surface area contributed by atoms with E-state index in [0.717, 1.165) is 51.2 Å². The lowest BCUT2D eigenvalue weighted by molar-refractivity contribution is -0.0289. The van der Waals surface area contributed by atoms with Gasteiger partial charge in [-0.1, -0.05) is 0 Å². The molecule has 2 N–H and O–H groups in total. The molecule has 158 valence electrons. The van der Waals surface area contributed by atoms with E-state index in [1.807, 2.05) is 0 Å². The summed E-state index contributed by atoms with van der Waals surface area (Å²) in [6.07, 6.45) is 2.45. The lowest BCUT2D eigenvalue weighted by atomic mass is 9.75. The Labute approximate surface area is 172 Å². The number of ether oxygens (including phenoxy) is 1. The number of ketones is 1. The minimum absolute atomic E-state index is 0.0225. The summed E-state index contributed by atoms with van der Waals surface area (Å²) in [5.41, 5.74) is 1.34. The highest BCUT2D eigenvalue weighted by Gasteiger charge is 2.40. The molecule has 4 heterocycles. The van der Waals surface area contributed by atoms with Crippen LogP contribution >= 0.6 is 0 Å². The number of urea groups is 1. The first-order chi connectivity index (χ1) is 14.1. The topological polar surface area (TPSA) is 73.9 Å². The van der Waals surface area contributed by atoms with Crippen LogP contribution in [0.15, 0.2) is 24.3 Å². The quantitative estimate of drug-likeness (QED) is 0.715. The lowest BCUT2D eigenvalue weighted by Crippen LogP contribution is -2.59. The van der Waals surface area contributed by atoms with Crippen molar-refractivity contribution in [3.05, 3.63) is 29.8 Å². The van der Waals surface area contributed by atoms with Crippen molar-refractivity contribution in [3.63, 3.8) is 0 Å². The van der Waals surface area contributed by atoms with E-state index in [2.05, 4.69) is 20.4 Å². The summed E-state index contributed by atoms with van der Waals surface area (Å²) >= 11 is 0. The van der Waals surface area contributed by atoms with Crippen molar-refractivity contribution in [3.8, 4) is 0 Å². The van der Waals surface area contributed by atoms with Crippen molar-refractivity contribution in [1.29, 1.82) is 0 Å². The molecular formula is C22H32N4O3. The van der Waals surface area contributed by atoms with E-state index in [-0.39, 0.29) is 11.8 Å². The maximum Gasteiger partial charge on any atom is 0.319 e. The highest BCUT2D eigenvalue weighted by molar-refractivity contribution is 5.95. The Balaban J connectivity index is 1.22. The molecule has 4 fully saturated rings. The molecule has 0 saturated carbocycles. The number of rotatable bonds is 6. The molecule has 0 aromatic heterocycles. The van der Waals surface area contributed by atoms with Crippen LogP contribution < -0.4 is 10.6 Å². The van der Waals surface area contributed by atoms with Crippen LogP contribution in [0.5, 0.6) is 0 Å². The Morgan fingerprint density at radius 1 is 1.14 bits per heavy atom. The summed E-state index contributed by atoms with van der Waals surface area (Å²) in [6, 6.07) is 7.24. The minimum atomic E-state index is -0.187. The first-order valence-electron chi connectivity index (χ1n) is 10.8. The summed E-state index contributed by atoms with van der Waals surface area (Å²) in [7, 11) is 0. The van der Waals surface area contributed by atoms with E-state index in [1.54, 1.807) is 24.3 Å². The third-order valence-electron chi connectivity index (χ3n) is 6.66. The van der Waals surface area contributed by atoms with Crippen LogP contribution in [0.2, 0.25) is 0 Å². The average Bonchev–Trinajstić information content (AvgIpc) is 2.74. The van der Waals surface area contributed by atoms with E-state index in [9.17, 15) is 9.59 Å². The van der Waals surface area contributed by atoms with Gasteiger partial charge in [-0.15, -0.1) is 0 Å². The number of piperidine rings is 3. The van der Waals surface area contributed by atoms with Gasteiger partial charge in [0.15, 0.2) is 5.78 Å². The Morgan fingerprint density at radius 3 is 2.55 bits per heavy atom. The van der Waals surface area contributed by atoms with Crippen molar-refractivity contribution < 1.29 is 14.3 Å². The van der Waals surface area contributed by atoms with Crippen LogP contribution in [0, 0.1) is 11.8 Å². The number of fused-ring (bicyclic) bond motifs is 3. The molecule has 0 spiro atoms. The van der Waals surface area contributed by atoms with Gasteiger partial charge >= 0.3 is 6.03 Å². The predicted molar refractivity (Wildman–Crippen MR) is 112 cm³/mol. The van der Waals surface area contributed by atoms with Crippen molar-refractivity contribution in [2.45, 2.75) is 25.8 Å². The molecule has 4 aliphatic heterocycles. The maximum absolute atomic E-state index is 12.3. The molecule has 4 atom stereocenters. The Bertz CT molecular complexity index is 717. The number of carbonyl (C=O) groups is 2. The fourth-order valence-corrected chi connectivity index (χ4v) is 4.96. The zero-order valence-corrected chi connectivity index (χ0v) is 17.2. The number of benzene rings is 1. The van der Waals surface area contributed by atoms with Gasteiger partial charge in [-0.2, -0.15) is 0 Å². The predicted octanol–water partition coefficient (Wildman–Crippen LogP) is 2.05. The van der Waals surface area contributed by atoms with Crippen LogP contribution in [0.4, 0.5) is 10.5 Å². The molecule has 7 heteroatoms. The second kappa shape index (κ2) is 9.24. The summed E-state index contributed by atoms with van der Waals surface area (Å²) in [5.74, 6) is 1.53. The molecule has 0 radical (unpaired) electrons. The molecule has 7 nitrogen and oxygen atoms in total. The van der Waals surface area contributed by atoms with Crippen LogP contribution in [0.3, 0.4) is 0 Å². The third kappa shape index (κ3) is 5.15. The van der Waals surface area contributed by atoms with E-state index in [0.29, 0.717) is 23.8 Å². The molecule has 1 aromatic rings. The third-order valence-corrected chi connectivity index (χ3v) is 6.66. The zero-order chi connectivity index (χ0) is 20.2. The molecule has 29 heavy (non-hydrogen) atoms. The van der Waals surface area contributed by atoms with Gasteiger partial charge in [0, 0.05) is 50.0 Å². The van der Waals surface area contributed by atoms with Gasteiger partial charge in [0.05, 0.1) is 13.2 Å². The number of hydrogen-bond donors (Lipinski definition) is 2. The first-order valence-corrected chi connectivity index (χ1v) is 10.8. The number of morpholine rings is 1. The van der Waals surface area contributed by atoms with E-state index in [4.69, 9.17) is 4.74 Å². The summed E-state index contributed by atoms with van der Waals surface area (Å²) in [5, 5.41) is 5.89. The highest BCUT2D eigenvalue weighted by atomic mass is 16.5. The summed E-state index contributed by atoms with van der Waals surface area (Å²) in [6.45, 7) is 9.52. The summed E-state index contributed by atoms with van der Waals surface area (Å²) < 4.78 is 5.47. The average molecular weight is 401 g/mol. The lowest BCUT2D eigenvalue weighted by Gasteiger charge is -2.51. The molecule has 4 saturated heterocycles. The van der Waals surface area contributed by atoms with Crippen molar-refractivity contribution in [2.24, 2.45) is 11.8 Å². The van der Waals surface area contributed by atoms with Crippen molar-refractivity contribution >= 4 is 17.5 Å². The van der Waals surface area contributed by atoms with Crippen LogP contribution in [0.1, 0.15) is 30.1 Å². The van der Waals surface area contributed by atoms with E-state index >= 15 is 0 Å². The van der Waals surface area contributed by atoms with Crippen molar-refractivity contribution in [1.82, 2.24) is 15.1 Å². The molecule has 2 amide bonds. The monoisotopic (exact) mass is 400 g/mol. The minimum Gasteiger partial charge on any atom is -0.379 e. The molecule has 5 rings (SSSR count). The molecule has 1 aromatic carbocycles. The van der Waals surface area contributed by atoms with Crippen LogP contribution in [-0.2, 0) is 4.74 Å². The van der Waals surface area contributed by atoms with Crippen molar-refractivity contribution in [2.75, 3.05) is 57.8 Å². The number of Topliss-reactive ketones (excluding diaryl/α,β-unsaturated/α-hetero) is 1. The normalized spacial score (nSPS) is 29.4. The molecule has 2 bridgehead atoms. The second-order valence-electron chi connectivity index (χ2n) is 8.57. The number of anilines is 1. The maximum atomic E-state index is 12.3. The highest BCUT2D eigenvalue weighted by Crippen LogP contribution is 2.36. The van der Waals surface area contributed by atoms with Gasteiger partial charge in [0.25, 0.3) is 0 Å². The molecule has 4 aliphatic rings. The molecule has 1 unspecified atom stereocenters. The Kier molecular flexibility index (Phi) is 6.47. The van der Waals surface area contributed by atoms with Gasteiger partial charge in [-0.05, 0) is 62.4 Å².